The van der Waals surface area contributed by atoms with Crippen LogP contribution in [0.15, 0.2) is 15.4 Å². The first-order valence-corrected chi connectivity index (χ1v) is 9.99. The summed E-state index contributed by atoms with van der Waals surface area (Å²) in [5, 5.41) is 2.92. The van der Waals surface area contributed by atoms with E-state index in [4.69, 9.17) is 10.2 Å². The summed E-state index contributed by atoms with van der Waals surface area (Å²) in [5.41, 5.74) is 5.87. The smallest absolute Gasteiger partial charge is 0.287 e. The predicted molar refractivity (Wildman–Crippen MR) is 89.1 cm³/mol. The maximum atomic E-state index is 12.6. The Morgan fingerprint density at radius 3 is 2.50 bits per heavy atom. The first kappa shape index (κ1) is 17.4. The lowest BCUT2D eigenvalue weighted by molar-refractivity contribution is 0.0896. The van der Waals surface area contributed by atoms with Crippen LogP contribution in [0, 0.1) is 6.92 Å². The Bertz CT molecular complexity index is 699. The molecule has 0 spiro atoms. The van der Waals surface area contributed by atoms with Gasteiger partial charge in [0.25, 0.3) is 5.91 Å². The number of amides is 1. The summed E-state index contributed by atoms with van der Waals surface area (Å²) in [7, 11) is -3.58. The molecule has 0 bridgehead atoms. The van der Waals surface area contributed by atoms with Gasteiger partial charge in [0.2, 0.25) is 10.0 Å². The number of nitrogens with zero attached hydrogens (tertiary/aromatic N) is 1. The molecule has 2 fully saturated rings. The van der Waals surface area contributed by atoms with Gasteiger partial charge >= 0.3 is 0 Å². The summed E-state index contributed by atoms with van der Waals surface area (Å²) in [6.45, 7) is 2.63. The van der Waals surface area contributed by atoms with Crippen LogP contribution >= 0.6 is 0 Å². The number of hydrogen-bond acceptors (Lipinski definition) is 5. The average Bonchev–Trinajstić information content (AvgIpc) is 3.19. The van der Waals surface area contributed by atoms with Crippen LogP contribution in [0.2, 0.25) is 0 Å². The van der Waals surface area contributed by atoms with Crippen LogP contribution in [0.1, 0.15) is 54.8 Å². The summed E-state index contributed by atoms with van der Waals surface area (Å²) in [6.07, 6.45) is 5.19. The van der Waals surface area contributed by atoms with Crippen molar-refractivity contribution in [3.05, 3.63) is 17.6 Å². The molecule has 0 radical (unpaired) electrons. The highest BCUT2D eigenvalue weighted by molar-refractivity contribution is 7.89. The van der Waals surface area contributed by atoms with Crippen LogP contribution < -0.4 is 11.1 Å². The average molecular weight is 355 g/mol. The van der Waals surface area contributed by atoms with Gasteiger partial charge in [0, 0.05) is 31.2 Å². The van der Waals surface area contributed by atoms with Crippen molar-refractivity contribution in [1.29, 1.82) is 0 Å². The van der Waals surface area contributed by atoms with Gasteiger partial charge in [0.1, 0.15) is 10.7 Å². The molecule has 24 heavy (non-hydrogen) atoms. The summed E-state index contributed by atoms with van der Waals surface area (Å²) >= 11 is 0. The van der Waals surface area contributed by atoms with Gasteiger partial charge in [-0.2, -0.15) is 4.31 Å². The van der Waals surface area contributed by atoms with Gasteiger partial charge in [-0.25, -0.2) is 8.42 Å². The van der Waals surface area contributed by atoms with Gasteiger partial charge in [-0.05, 0) is 45.4 Å². The molecule has 134 valence electrons. The Hall–Kier alpha value is -1.38. The van der Waals surface area contributed by atoms with Crippen LogP contribution in [-0.4, -0.2) is 43.8 Å². The fourth-order valence-electron chi connectivity index (χ4n) is 3.42. The molecule has 1 amide bonds. The molecule has 1 aromatic heterocycles. The largest absolute Gasteiger partial charge is 0.455 e. The van der Waals surface area contributed by atoms with Gasteiger partial charge in [0.05, 0.1) is 0 Å². The fourth-order valence-corrected chi connectivity index (χ4v) is 5.10. The number of rotatable bonds is 4. The molecule has 0 unspecified atom stereocenters. The quantitative estimate of drug-likeness (QED) is 0.848. The number of sulfonamides is 1. The number of carbonyl (C=O) groups excluding carboxylic acids is 1. The lowest BCUT2D eigenvalue weighted by Crippen LogP contribution is -2.40. The maximum absolute atomic E-state index is 12.6. The Morgan fingerprint density at radius 1 is 1.25 bits per heavy atom. The molecule has 1 saturated carbocycles. The van der Waals surface area contributed by atoms with Gasteiger partial charge in [0.15, 0.2) is 5.76 Å². The third kappa shape index (κ3) is 3.50. The minimum atomic E-state index is -3.58. The van der Waals surface area contributed by atoms with E-state index in [0.717, 1.165) is 38.5 Å². The van der Waals surface area contributed by atoms with Gasteiger partial charge in [-0.1, -0.05) is 0 Å². The molecule has 2 aliphatic rings. The van der Waals surface area contributed by atoms with E-state index in [1.165, 1.54) is 10.4 Å². The molecule has 0 aromatic carbocycles. The molecule has 1 saturated heterocycles. The van der Waals surface area contributed by atoms with Crippen molar-refractivity contribution < 1.29 is 17.6 Å². The summed E-state index contributed by atoms with van der Waals surface area (Å²) in [6, 6.07) is 1.63. The minimum absolute atomic E-state index is 0.0557. The number of aryl methyl sites for hydroxylation is 1. The second-order valence-corrected chi connectivity index (χ2v) is 8.63. The molecule has 3 N–H and O–H groups in total. The Balaban J connectivity index is 1.72. The zero-order valence-corrected chi connectivity index (χ0v) is 14.8. The van der Waals surface area contributed by atoms with Crippen LogP contribution in [0.25, 0.3) is 0 Å². The number of nitrogens with one attached hydrogen (secondary N) is 1. The molecule has 1 aromatic rings. The summed E-state index contributed by atoms with van der Waals surface area (Å²) < 4.78 is 32.2. The molecular weight excluding hydrogens is 330 g/mol. The molecule has 1 aliphatic heterocycles. The zero-order valence-electron chi connectivity index (χ0n) is 14.0. The molecular formula is C16H25N3O4S. The van der Waals surface area contributed by atoms with Crippen molar-refractivity contribution in [3.63, 3.8) is 0 Å². The van der Waals surface area contributed by atoms with E-state index >= 15 is 0 Å². The highest BCUT2D eigenvalue weighted by Gasteiger charge is 2.32. The Morgan fingerprint density at radius 2 is 1.88 bits per heavy atom. The van der Waals surface area contributed by atoms with Crippen molar-refractivity contribution >= 4 is 15.9 Å². The standard InChI is InChI=1S/C16H25N3O4S/c1-11-15(24(21,22)19-8-2-3-9-19)10-14(23-11)16(20)18-13-6-4-12(17)5-7-13/h10,12-13H,2-9,17H2,1H3,(H,18,20). The molecule has 1 aliphatic carbocycles. The van der Waals surface area contributed by atoms with E-state index in [0.29, 0.717) is 13.1 Å². The van der Waals surface area contributed by atoms with E-state index in [2.05, 4.69) is 5.32 Å². The third-order valence-electron chi connectivity index (χ3n) is 4.89. The molecule has 8 heteroatoms. The Kier molecular flexibility index (Phi) is 4.98. The Labute approximate surface area is 142 Å². The molecule has 3 rings (SSSR count). The van der Waals surface area contributed by atoms with Crippen LogP contribution in [0.5, 0.6) is 0 Å². The van der Waals surface area contributed by atoms with Crippen molar-refractivity contribution in [2.24, 2.45) is 5.73 Å². The van der Waals surface area contributed by atoms with Gasteiger partial charge in [-0.15, -0.1) is 0 Å². The highest BCUT2D eigenvalue weighted by Crippen LogP contribution is 2.26. The normalized spacial score (nSPS) is 25.8. The van der Waals surface area contributed by atoms with Crippen LogP contribution in [0.4, 0.5) is 0 Å². The molecule has 2 heterocycles. The number of furan rings is 1. The van der Waals surface area contributed by atoms with Crippen molar-refractivity contribution in [3.8, 4) is 0 Å². The first-order valence-electron chi connectivity index (χ1n) is 8.55. The van der Waals surface area contributed by atoms with Crippen molar-refractivity contribution in [1.82, 2.24) is 9.62 Å². The second kappa shape index (κ2) is 6.85. The van der Waals surface area contributed by atoms with Crippen LogP contribution in [0.3, 0.4) is 0 Å². The summed E-state index contributed by atoms with van der Waals surface area (Å²) in [4.78, 5) is 12.5. The second-order valence-electron chi connectivity index (χ2n) is 6.73. The minimum Gasteiger partial charge on any atom is -0.455 e. The van der Waals surface area contributed by atoms with E-state index in [1.807, 2.05) is 0 Å². The number of nitrogens with two attached hydrogens (primary N) is 1. The zero-order chi connectivity index (χ0) is 17.3. The van der Waals surface area contributed by atoms with Crippen molar-refractivity contribution in [2.45, 2.75) is 62.4 Å². The lowest BCUT2D eigenvalue weighted by atomic mass is 9.92. The molecule has 0 atom stereocenters. The van der Waals surface area contributed by atoms with Gasteiger partial charge in [-0.3, -0.25) is 4.79 Å². The third-order valence-corrected chi connectivity index (χ3v) is 6.89. The van der Waals surface area contributed by atoms with Crippen LogP contribution in [-0.2, 0) is 10.0 Å². The monoisotopic (exact) mass is 355 g/mol. The highest BCUT2D eigenvalue weighted by atomic mass is 32.2. The fraction of sp³-hybridized carbons (Fsp3) is 0.688. The predicted octanol–water partition coefficient (Wildman–Crippen LogP) is 1.37. The number of carbonyl (C=O) groups is 1. The maximum Gasteiger partial charge on any atom is 0.287 e. The lowest BCUT2D eigenvalue weighted by Gasteiger charge is -2.26. The van der Waals surface area contributed by atoms with E-state index < -0.39 is 10.0 Å². The SMILES string of the molecule is Cc1oc(C(=O)NC2CCC(N)CC2)cc1S(=O)(=O)N1CCCC1. The number of hydrogen-bond donors (Lipinski definition) is 2. The van der Waals surface area contributed by atoms with E-state index in [9.17, 15) is 13.2 Å². The topological polar surface area (TPSA) is 106 Å². The van der Waals surface area contributed by atoms with Gasteiger partial charge < -0.3 is 15.5 Å². The molecule has 7 nitrogen and oxygen atoms in total. The summed E-state index contributed by atoms with van der Waals surface area (Å²) in [5.74, 6) is -0.0423. The van der Waals surface area contributed by atoms with E-state index in [1.54, 1.807) is 6.92 Å². The van der Waals surface area contributed by atoms with Crippen molar-refractivity contribution in [2.75, 3.05) is 13.1 Å². The van der Waals surface area contributed by atoms with E-state index in [-0.39, 0.29) is 34.4 Å². The first-order chi connectivity index (χ1) is 11.4.